The predicted molar refractivity (Wildman–Crippen MR) is 74.7 cm³/mol. The first-order chi connectivity index (χ1) is 8.58. The molecule has 0 saturated carbocycles. The number of anilines is 1. The second kappa shape index (κ2) is 5.39. The molecule has 0 aliphatic carbocycles. The maximum atomic E-state index is 10.7. The molecular weight excluding hydrogens is 229 g/mol. The summed E-state index contributed by atoms with van der Waals surface area (Å²) in [6.07, 6.45) is 2.03. The maximum absolute atomic E-state index is 10.7. The van der Waals surface area contributed by atoms with E-state index >= 15 is 0 Å². The summed E-state index contributed by atoms with van der Waals surface area (Å²) >= 11 is 0. The van der Waals surface area contributed by atoms with E-state index in [0.29, 0.717) is 0 Å². The summed E-state index contributed by atoms with van der Waals surface area (Å²) in [5.41, 5.74) is 2.47. The van der Waals surface area contributed by atoms with Gasteiger partial charge in [-0.15, -0.1) is 0 Å². The number of fused-ring (bicyclic) bond motifs is 1. The van der Waals surface area contributed by atoms with Crippen LogP contribution in [0.3, 0.4) is 0 Å². The minimum Gasteiger partial charge on any atom is -0.418 e. The van der Waals surface area contributed by atoms with Crippen molar-refractivity contribution in [1.29, 1.82) is 0 Å². The maximum Gasteiger partial charge on any atom is 0.269 e. The third-order valence-corrected chi connectivity index (χ3v) is 3.30. The lowest BCUT2D eigenvalue weighted by atomic mass is 9.85. The molecule has 0 amide bonds. The first-order valence-electron chi connectivity index (χ1n) is 6.25. The molecule has 0 radical (unpaired) electrons. The fourth-order valence-electron chi connectivity index (χ4n) is 2.38. The van der Waals surface area contributed by atoms with Crippen molar-refractivity contribution < 1.29 is 4.92 Å². The van der Waals surface area contributed by atoms with Gasteiger partial charge in [-0.1, -0.05) is 0 Å². The average molecular weight is 247 g/mol. The highest BCUT2D eigenvalue weighted by Gasteiger charge is 2.21. The van der Waals surface area contributed by atoms with Crippen LogP contribution in [0.1, 0.15) is 5.56 Å². The van der Waals surface area contributed by atoms with Gasteiger partial charge in [0.05, 0.1) is 4.92 Å². The lowest BCUT2D eigenvalue weighted by Gasteiger charge is -2.19. The lowest BCUT2D eigenvalue weighted by molar-refractivity contribution is -0.384. The number of nitrogens with zero attached hydrogens (tertiary/aromatic N) is 3. The van der Waals surface area contributed by atoms with E-state index in [4.69, 9.17) is 0 Å². The molecule has 1 aromatic rings. The van der Waals surface area contributed by atoms with E-state index < -0.39 is 0 Å². The molecule has 0 spiro atoms. The molecule has 0 atom stereocenters. The Morgan fingerprint density at radius 1 is 1.50 bits per heavy atom. The molecule has 0 bridgehead atoms. The number of hydrogen-bond donors (Lipinski definition) is 0. The molecule has 0 N–H and O–H groups in total. The Hall–Kier alpha value is -1.56. The largest absolute Gasteiger partial charge is 0.418 e. The number of nitro groups is 1. The van der Waals surface area contributed by atoms with E-state index in [1.807, 2.05) is 6.07 Å². The molecule has 5 nitrogen and oxygen atoms in total. The first kappa shape index (κ1) is 12.9. The van der Waals surface area contributed by atoms with Crippen LogP contribution < -0.4 is 4.81 Å². The molecule has 1 aliphatic heterocycles. The molecule has 0 fully saturated rings. The van der Waals surface area contributed by atoms with E-state index in [1.54, 1.807) is 12.1 Å². The highest BCUT2D eigenvalue weighted by molar-refractivity contribution is 6.42. The molecular formula is C12H18BN3O2. The Bertz CT molecular complexity index is 451. The summed E-state index contributed by atoms with van der Waals surface area (Å²) in [5.74, 6) is 0. The van der Waals surface area contributed by atoms with Gasteiger partial charge in [0.15, 0.2) is 0 Å². The second-order valence-corrected chi connectivity index (χ2v) is 4.96. The molecule has 6 heteroatoms. The van der Waals surface area contributed by atoms with Crippen molar-refractivity contribution in [3.63, 3.8) is 0 Å². The third kappa shape index (κ3) is 2.82. The van der Waals surface area contributed by atoms with Crippen LogP contribution in [0.25, 0.3) is 0 Å². The van der Waals surface area contributed by atoms with Gasteiger partial charge in [0.2, 0.25) is 7.41 Å². The van der Waals surface area contributed by atoms with Gasteiger partial charge in [0.25, 0.3) is 5.69 Å². The second-order valence-electron chi connectivity index (χ2n) is 4.96. The minimum absolute atomic E-state index is 0.198. The average Bonchev–Trinajstić information content (AvgIpc) is 2.71. The lowest BCUT2D eigenvalue weighted by Crippen LogP contribution is -2.28. The van der Waals surface area contributed by atoms with Crippen LogP contribution in [-0.4, -0.2) is 44.4 Å². The van der Waals surface area contributed by atoms with Crippen molar-refractivity contribution in [3.05, 3.63) is 33.9 Å². The highest BCUT2D eigenvalue weighted by atomic mass is 16.6. The molecule has 0 aromatic heterocycles. The van der Waals surface area contributed by atoms with Crippen molar-refractivity contribution in [2.45, 2.75) is 12.7 Å². The van der Waals surface area contributed by atoms with Crippen LogP contribution in [0, 0.1) is 10.1 Å². The Morgan fingerprint density at radius 2 is 2.28 bits per heavy atom. The van der Waals surface area contributed by atoms with Gasteiger partial charge in [0, 0.05) is 24.4 Å². The summed E-state index contributed by atoms with van der Waals surface area (Å²) in [7, 11) is 5.16. The van der Waals surface area contributed by atoms with Crippen LogP contribution in [0.4, 0.5) is 11.4 Å². The molecule has 0 saturated heterocycles. The van der Waals surface area contributed by atoms with E-state index in [9.17, 15) is 10.1 Å². The number of hydrogen-bond acceptors (Lipinski definition) is 4. The van der Waals surface area contributed by atoms with E-state index in [-0.39, 0.29) is 10.6 Å². The van der Waals surface area contributed by atoms with Gasteiger partial charge in [-0.05, 0) is 45.0 Å². The number of rotatable bonds is 5. The fourth-order valence-corrected chi connectivity index (χ4v) is 2.38. The fraction of sp³-hybridized carbons (Fsp3) is 0.500. The Balaban J connectivity index is 2.02. The quantitative estimate of drug-likeness (QED) is 0.447. The summed E-state index contributed by atoms with van der Waals surface area (Å²) in [5, 5.41) is 10.7. The number of non-ortho nitro benzene ring substituents is 1. The molecule has 1 aromatic carbocycles. The third-order valence-electron chi connectivity index (χ3n) is 3.30. The van der Waals surface area contributed by atoms with Crippen LogP contribution in [-0.2, 0) is 6.42 Å². The molecule has 0 unspecified atom stereocenters. The highest BCUT2D eigenvalue weighted by Crippen LogP contribution is 2.30. The van der Waals surface area contributed by atoms with Crippen molar-refractivity contribution in [1.82, 2.24) is 4.90 Å². The van der Waals surface area contributed by atoms with Crippen molar-refractivity contribution in [3.8, 4) is 0 Å². The SMILES string of the molecule is CN(C)CCBN1CCc2cc([N+](=O)[O-])ccc21. The van der Waals surface area contributed by atoms with Crippen LogP contribution >= 0.6 is 0 Å². The summed E-state index contributed by atoms with van der Waals surface area (Å²) in [4.78, 5) is 14.9. The van der Waals surface area contributed by atoms with Gasteiger partial charge >= 0.3 is 0 Å². The zero-order valence-electron chi connectivity index (χ0n) is 10.9. The van der Waals surface area contributed by atoms with Gasteiger partial charge < -0.3 is 9.71 Å². The molecule has 96 valence electrons. The van der Waals surface area contributed by atoms with Gasteiger partial charge in [0.1, 0.15) is 0 Å². The van der Waals surface area contributed by atoms with E-state index in [1.165, 1.54) is 5.69 Å². The van der Waals surface area contributed by atoms with Crippen LogP contribution in [0.5, 0.6) is 0 Å². The minimum atomic E-state index is -0.324. The van der Waals surface area contributed by atoms with Gasteiger partial charge in [-0.2, -0.15) is 0 Å². The predicted octanol–water partition coefficient (Wildman–Crippen LogP) is 1.29. The molecule has 18 heavy (non-hydrogen) atoms. The Morgan fingerprint density at radius 3 is 2.94 bits per heavy atom. The standard InChI is InChI=1S/C12H18BN3O2/c1-14(2)8-6-13-15-7-5-10-9-11(16(17)18)3-4-12(10)15/h3-4,9,13H,5-8H2,1-2H3. The van der Waals surface area contributed by atoms with Crippen LogP contribution in [0.15, 0.2) is 18.2 Å². The van der Waals surface area contributed by atoms with E-state index in [0.717, 1.165) is 38.8 Å². The van der Waals surface area contributed by atoms with E-state index in [2.05, 4.69) is 23.8 Å². The van der Waals surface area contributed by atoms with Gasteiger partial charge in [-0.3, -0.25) is 10.1 Å². The van der Waals surface area contributed by atoms with Crippen molar-refractivity contribution >= 4 is 18.8 Å². The summed E-state index contributed by atoms with van der Waals surface area (Å²) in [6, 6.07) is 5.19. The summed E-state index contributed by atoms with van der Waals surface area (Å²) in [6.45, 7) is 2.04. The van der Waals surface area contributed by atoms with Crippen molar-refractivity contribution in [2.75, 3.05) is 32.0 Å². The zero-order chi connectivity index (χ0) is 13.1. The zero-order valence-corrected chi connectivity index (χ0v) is 10.9. The summed E-state index contributed by atoms with van der Waals surface area (Å²) < 4.78 is 0. The smallest absolute Gasteiger partial charge is 0.269 e. The monoisotopic (exact) mass is 247 g/mol. The number of benzene rings is 1. The van der Waals surface area contributed by atoms with Crippen molar-refractivity contribution in [2.24, 2.45) is 0 Å². The molecule has 1 aliphatic rings. The Kier molecular flexibility index (Phi) is 3.86. The van der Waals surface area contributed by atoms with Crippen LogP contribution in [0.2, 0.25) is 6.32 Å². The Labute approximate surface area is 108 Å². The molecule has 1 heterocycles. The normalized spacial score (nSPS) is 13.8. The number of nitro benzene ring substituents is 1. The topological polar surface area (TPSA) is 49.6 Å². The molecule has 2 rings (SSSR count). The first-order valence-corrected chi connectivity index (χ1v) is 6.25. The van der Waals surface area contributed by atoms with Gasteiger partial charge in [-0.25, -0.2) is 0 Å².